The predicted molar refractivity (Wildman–Crippen MR) is 174 cm³/mol. The number of nitriles is 1. The van der Waals surface area contributed by atoms with Crippen LogP contribution in [-0.4, -0.2) is 43.3 Å². The van der Waals surface area contributed by atoms with Gasteiger partial charge in [0.15, 0.2) is 11.6 Å². The Hall–Kier alpha value is -4.69. The van der Waals surface area contributed by atoms with Gasteiger partial charge in [0, 0.05) is 64.6 Å². The molecule has 2 aliphatic heterocycles. The molecule has 2 aliphatic rings. The third-order valence-corrected chi connectivity index (χ3v) is 8.30. The smallest absolute Gasteiger partial charge is 0.244 e. The van der Waals surface area contributed by atoms with E-state index in [0.717, 1.165) is 43.5 Å². The molecule has 0 radical (unpaired) electrons. The van der Waals surface area contributed by atoms with Gasteiger partial charge in [0.25, 0.3) is 0 Å². The van der Waals surface area contributed by atoms with Crippen molar-refractivity contribution in [2.24, 2.45) is 0 Å². The Labute approximate surface area is 271 Å². The standard InChI is InChI=1S/C35H33ClFN5O4/c36-29-4-2-1-3-23(29)20-45-32-6-5-26(15-30(32)37)42-35-25(17-38)19-40-31-16-33(46-27-9-12-44-21-27)24(14-28(31)35)18-41-34(43)13-22-7-10-39-11-8-22/h1-6,13-16,19,27,39H,7-12,18,20-21H2,(H,40,42)(H,41,43). The van der Waals surface area contributed by atoms with Crippen molar-refractivity contribution < 1.29 is 23.4 Å². The lowest BCUT2D eigenvalue weighted by Gasteiger charge is -2.19. The molecule has 0 bridgehead atoms. The van der Waals surface area contributed by atoms with E-state index in [2.05, 4.69) is 27.0 Å². The average Bonchev–Trinajstić information content (AvgIpc) is 3.58. The lowest BCUT2D eigenvalue weighted by molar-refractivity contribution is -0.116. The summed E-state index contributed by atoms with van der Waals surface area (Å²) >= 11 is 6.21. The Kier molecular flexibility index (Phi) is 9.94. The lowest BCUT2D eigenvalue weighted by Crippen LogP contribution is -2.26. The van der Waals surface area contributed by atoms with Gasteiger partial charge in [-0.3, -0.25) is 9.78 Å². The molecule has 1 unspecified atom stereocenters. The van der Waals surface area contributed by atoms with Crippen molar-refractivity contribution in [1.29, 1.82) is 5.26 Å². The molecule has 46 heavy (non-hydrogen) atoms. The van der Waals surface area contributed by atoms with Crippen LogP contribution in [-0.2, 0) is 22.7 Å². The van der Waals surface area contributed by atoms with E-state index in [1.165, 1.54) is 18.3 Å². The number of amides is 1. The zero-order chi connectivity index (χ0) is 31.9. The minimum atomic E-state index is -0.574. The van der Waals surface area contributed by atoms with Crippen LogP contribution in [0, 0.1) is 17.1 Å². The Morgan fingerprint density at radius 1 is 1.15 bits per heavy atom. The van der Waals surface area contributed by atoms with Gasteiger partial charge in [0.2, 0.25) is 5.91 Å². The van der Waals surface area contributed by atoms with Gasteiger partial charge in [0.1, 0.15) is 24.5 Å². The first-order chi connectivity index (χ1) is 22.5. The van der Waals surface area contributed by atoms with Crippen LogP contribution in [0.15, 0.2) is 72.4 Å². The molecule has 1 aromatic heterocycles. The Morgan fingerprint density at radius 2 is 2.00 bits per heavy atom. The van der Waals surface area contributed by atoms with E-state index in [1.807, 2.05) is 24.3 Å². The van der Waals surface area contributed by atoms with Crippen LogP contribution < -0.4 is 25.4 Å². The normalized spacial score (nSPS) is 16.1. The number of nitrogens with one attached hydrogen (secondary N) is 3. The lowest BCUT2D eigenvalue weighted by atomic mass is 10.0. The first-order valence-corrected chi connectivity index (χ1v) is 15.6. The maximum Gasteiger partial charge on any atom is 0.244 e. The third-order valence-electron chi connectivity index (χ3n) is 7.93. The molecular formula is C35H33ClFN5O4. The van der Waals surface area contributed by atoms with Crippen molar-refractivity contribution in [2.45, 2.75) is 38.5 Å². The highest BCUT2D eigenvalue weighted by Gasteiger charge is 2.21. The van der Waals surface area contributed by atoms with Crippen molar-refractivity contribution in [2.75, 3.05) is 31.6 Å². The van der Waals surface area contributed by atoms with Crippen LogP contribution in [0.3, 0.4) is 0 Å². The highest BCUT2D eigenvalue weighted by Crippen LogP contribution is 2.35. The molecule has 1 atom stereocenters. The SMILES string of the molecule is N#Cc1cnc2cc(OC3CCOC3)c(CNC(=O)C=C3CCNCC3)cc2c1Nc1ccc(OCc2ccccc2Cl)c(F)c1. The van der Waals surface area contributed by atoms with E-state index in [1.54, 1.807) is 24.3 Å². The van der Waals surface area contributed by atoms with E-state index in [9.17, 15) is 10.1 Å². The van der Waals surface area contributed by atoms with Gasteiger partial charge < -0.3 is 30.2 Å². The van der Waals surface area contributed by atoms with Crippen LogP contribution in [0.1, 0.15) is 36.0 Å². The molecule has 4 aromatic rings. The number of carbonyl (C=O) groups is 1. The van der Waals surface area contributed by atoms with Crippen LogP contribution in [0.5, 0.6) is 11.5 Å². The molecule has 0 spiro atoms. The van der Waals surface area contributed by atoms with Crippen LogP contribution >= 0.6 is 11.6 Å². The minimum absolute atomic E-state index is 0.0701. The fraction of sp³-hybridized carbons (Fsp3) is 0.286. The molecular weight excluding hydrogens is 609 g/mol. The molecule has 236 valence electrons. The fourth-order valence-electron chi connectivity index (χ4n) is 5.44. The zero-order valence-corrected chi connectivity index (χ0v) is 25.8. The summed E-state index contributed by atoms with van der Waals surface area (Å²) in [6.07, 6.45) is 5.45. The number of rotatable bonds is 10. The summed E-state index contributed by atoms with van der Waals surface area (Å²) < 4.78 is 32.7. The first kappa shape index (κ1) is 31.3. The maximum atomic E-state index is 15.2. The number of hydrogen-bond acceptors (Lipinski definition) is 8. The molecule has 0 saturated carbocycles. The molecule has 0 aliphatic carbocycles. The second-order valence-electron chi connectivity index (χ2n) is 11.2. The Balaban J connectivity index is 1.28. The summed E-state index contributed by atoms with van der Waals surface area (Å²) in [5.41, 5.74) is 4.28. The average molecular weight is 642 g/mol. The summed E-state index contributed by atoms with van der Waals surface area (Å²) in [5, 5.41) is 20.6. The molecule has 2 saturated heterocycles. The van der Waals surface area contributed by atoms with Gasteiger partial charge in [-0.05, 0) is 50.2 Å². The number of aromatic nitrogens is 1. The Morgan fingerprint density at radius 3 is 2.76 bits per heavy atom. The number of nitrogens with zero attached hydrogens (tertiary/aromatic N) is 2. The van der Waals surface area contributed by atoms with Gasteiger partial charge in [-0.15, -0.1) is 0 Å². The zero-order valence-electron chi connectivity index (χ0n) is 25.1. The van der Waals surface area contributed by atoms with Crippen molar-refractivity contribution in [1.82, 2.24) is 15.6 Å². The number of fused-ring (bicyclic) bond motifs is 1. The van der Waals surface area contributed by atoms with Crippen molar-refractivity contribution in [3.63, 3.8) is 0 Å². The summed E-state index contributed by atoms with van der Waals surface area (Å²) in [5.74, 6) is -0.107. The number of anilines is 2. The monoisotopic (exact) mass is 641 g/mol. The Bertz CT molecular complexity index is 1810. The van der Waals surface area contributed by atoms with E-state index in [0.29, 0.717) is 51.8 Å². The van der Waals surface area contributed by atoms with Crippen LogP contribution in [0.4, 0.5) is 15.8 Å². The number of halogens is 2. The summed E-state index contributed by atoms with van der Waals surface area (Å²) in [4.78, 5) is 17.3. The fourth-order valence-corrected chi connectivity index (χ4v) is 5.63. The van der Waals surface area contributed by atoms with Crippen LogP contribution in [0.25, 0.3) is 10.9 Å². The van der Waals surface area contributed by atoms with Gasteiger partial charge in [-0.25, -0.2) is 4.39 Å². The van der Waals surface area contributed by atoms with Gasteiger partial charge >= 0.3 is 0 Å². The molecule has 3 aromatic carbocycles. The molecule has 3 N–H and O–H groups in total. The molecule has 11 heteroatoms. The van der Waals surface area contributed by atoms with Gasteiger partial charge in [-0.2, -0.15) is 5.26 Å². The molecule has 9 nitrogen and oxygen atoms in total. The molecule has 2 fully saturated rings. The van der Waals surface area contributed by atoms with E-state index in [4.69, 9.17) is 25.8 Å². The summed E-state index contributed by atoms with van der Waals surface area (Å²) in [6, 6.07) is 17.6. The van der Waals surface area contributed by atoms with Crippen molar-refractivity contribution >= 4 is 39.8 Å². The number of carbonyl (C=O) groups excluding carboxylic acids is 1. The van der Waals surface area contributed by atoms with Gasteiger partial charge in [-0.1, -0.05) is 35.4 Å². The summed E-state index contributed by atoms with van der Waals surface area (Å²) in [6.45, 7) is 3.12. The van der Waals surface area contributed by atoms with Crippen molar-refractivity contribution in [3.8, 4) is 17.6 Å². The highest BCUT2D eigenvalue weighted by atomic mass is 35.5. The van der Waals surface area contributed by atoms with Gasteiger partial charge in [0.05, 0.1) is 30.0 Å². The predicted octanol–water partition coefficient (Wildman–Crippen LogP) is 6.32. The molecule has 3 heterocycles. The number of hydrogen-bond donors (Lipinski definition) is 3. The van der Waals surface area contributed by atoms with Crippen molar-refractivity contribution in [3.05, 3.63) is 100.0 Å². The maximum absolute atomic E-state index is 15.2. The second-order valence-corrected chi connectivity index (χ2v) is 11.6. The number of ether oxygens (including phenoxy) is 3. The largest absolute Gasteiger partial charge is 0.487 e. The topological polar surface area (TPSA) is 118 Å². The molecule has 1 amide bonds. The second kappa shape index (κ2) is 14.6. The number of pyridine rings is 1. The molecule has 6 rings (SSSR count). The summed E-state index contributed by atoms with van der Waals surface area (Å²) in [7, 11) is 0. The van der Waals surface area contributed by atoms with E-state index in [-0.39, 0.29) is 36.5 Å². The first-order valence-electron chi connectivity index (χ1n) is 15.2. The van der Waals surface area contributed by atoms with E-state index < -0.39 is 5.82 Å². The third kappa shape index (κ3) is 7.57. The number of benzene rings is 3. The van der Waals surface area contributed by atoms with E-state index >= 15 is 4.39 Å². The highest BCUT2D eigenvalue weighted by molar-refractivity contribution is 6.31. The minimum Gasteiger partial charge on any atom is -0.487 e. The van der Waals surface area contributed by atoms with Crippen LogP contribution in [0.2, 0.25) is 5.02 Å². The number of piperidine rings is 1. The quantitative estimate of drug-likeness (QED) is 0.172.